The second-order valence-corrected chi connectivity index (χ2v) is 17.4. The first kappa shape index (κ1) is 46.3. The average molecular weight is 872 g/mol. The lowest BCUT2D eigenvalue weighted by Crippen LogP contribution is -2.49. The minimum Gasteiger partial charge on any atom is -0.457 e. The summed E-state index contributed by atoms with van der Waals surface area (Å²) in [4.78, 5) is 56.5. The van der Waals surface area contributed by atoms with Crippen LogP contribution < -0.4 is 26.0 Å². The number of anilines is 3. The van der Waals surface area contributed by atoms with Crippen molar-refractivity contribution in [1.82, 2.24) is 34.9 Å². The first-order valence-electron chi connectivity index (χ1n) is 22.9. The van der Waals surface area contributed by atoms with E-state index >= 15 is 0 Å². The predicted molar refractivity (Wildman–Crippen MR) is 253 cm³/mol. The lowest BCUT2D eigenvalue weighted by molar-refractivity contribution is -0.126. The Hall–Kier alpha value is -5.74. The van der Waals surface area contributed by atoms with Gasteiger partial charge in [0.25, 0.3) is 0 Å². The van der Waals surface area contributed by atoms with Gasteiger partial charge in [-0.3, -0.25) is 24.8 Å². The molecule has 3 aliphatic heterocycles. The first-order chi connectivity index (χ1) is 31.2. The van der Waals surface area contributed by atoms with E-state index in [9.17, 15) is 14.4 Å². The summed E-state index contributed by atoms with van der Waals surface area (Å²) in [5, 5.41) is 15.4. The van der Waals surface area contributed by atoms with Gasteiger partial charge in [0.05, 0.1) is 17.3 Å². The minimum atomic E-state index is -0.448. The van der Waals surface area contributed by atoms with Crippen LogP contribution in [0.3, 0.4) is 0 Å². The number of para-hydroxylation sites is 1. The Morgan fingerprint density at radius 1 is 0.875 bits per heavy atom. The van der Waals surface area contributed by atoms with Gasteiger partial charge in [0.15, 0.2) is 0 Å². The van der Waals surface area contributed by atoms with Gasteiger partial charge in [-0.15, -0.1) is 0 Å². The molecule has 0 aliphatic carbocycles. The number of rotatable bonds is 20. The van der Waals surface area contributed by atoms with Crippen molar-refractivity contribution in [3.8, 4) is 11.5 Å². The molecule has 1 amide bonds. The van der Waals surface area contributed by atoms with Gasteiger partial charge in [-0.1, -0.05) is 18.2 Å². The maximum Gasteiger partial charge on any atom is 0.237 e. The molecule has 1 aromatic heterocycles. The van der Waals surface area contributed by atoms with Crippen LogP contribution in [0.25, 0.3) is 0 Å². The summed E-state index contributed by atoms with van der Waals surface area (Å²) in [5.74, 6) is 2.92. The fraction of sp³-hybridized carbons (Fsp3) is 0.469. The van der Waals surface area contributed by atoms with E-state index in [1.807, 2.05) is 78.7 Å². The minimum absolute atomic E-state index is 0.132. The predicted octanol–water partition coefficient (Wildman–Crippen LogP) is 5.02. The van der Waals surface area contributed by atoms with Crippen molar-refractivity contribution >= 4 is 41.5 Å². The van der Waals surface area contributed by atoms with Crippen LogP contribution in [0.15, 0.2) is 79.1 Å². The number of likely N-dealkylation sites (tertiary alicyclic amines) is 2. The number of nitrogens with zero attached hydrogens (tertiary/aromatic N) is 7. The molecular formula is C49H65N11O4. The molecule has 0 spiro atoms. The number of ether oxygens (including phenoxy) is 1. The number of piperazine rings is 1. The monoisotopic (exact) mass is 872 g/mol. The number of aromatic nitrogens is 2. The Morgan fingerprint density at radius 3 is 2.20 bits per heavy atom. The molecule has 3 fully saturated rings. The number of amides is 1. The maximum atomic E-state index is 12.6. The second-order valence-electron chi connectivity index (χ2n) is 17.4. The lowest BCUT2D eigenvalue weighted by atomic mass is 9.95. The van der Waals surface area contributed by atoms with Crippen LogP contribution in [0.2, 0.25) is 0 Å². The summed E-state index contributed by atoms with van der Waals surface area (Å²) in [6, 6.07) is 22.9. The van der Waals surface area contributed by atoms with Crippen LogP contribution in [-0.4, -0.2) is 152 Å². The van der Waals surface area contributed by atoms with Crippen molar-refractivity contribution in [2.24, 2.45) is 5.92 Å². The van der Waals surface area contributed by atoms with E-state index in [-0.39, 0.29) is 23.5 Å². The molecule has 15 heteroatoms. The summed E-state index contributed by atoms with van der Waals surface area (Å²) in [6.45, 7) is 11.9. The molecular weight excluding hydrogens is 807 g/mol. The van der Waals surface area contributed by atoms with E-state index in [0.29, 0.717) is 53.6 Å². The van der Waals surface area contributed by atoms with E-state index in [2.05, 4.69) is 46.3 Å². The largest absolute Gasteiger partial charge is 0.457 e. The van der Waals surface area contributed by atoms with E-state index in [4.69, 9.17) is 15.9 Å². The number of nitrogen functional groups attached to an aromatic ring is 1. The number of piperidine rings is 2. The number of nitrogens with one attached hydrogen (secondary N) is 3. The Morgan fingerprint density at radius 2 is 1.55 bits per heavy atom. The zero-order valence-corrected chi connectivity index (χ0v) is 37.5. The van der Waals surface area contributed by atoms with Gasteiger partial charge < -0.3 is 40.6 Å². The number of carbonyl (C=O) groups is 3. The van der Waals surface area contributed by atoms with Gasteiger partial charge in [0.1, 0.15) is 42.0 Å². The number of nitrogens with two attached hydrogens (primary N) is 1. The SMILES string of the molecule is CNC(=O)C(CCC=O)N(C)Cc1cc(N2CCN(CC3CCN(CCN4CCC(Nc5ncnc(N)c5C(=N)c5ccc(Oc6ccccc6)cc5)CC4)CC3)CC2)ccc1C=O. The maximum absolute atomic E-state index is 12.6. The molecule has 4 heterocycles. The molecule has 64 heavy (non-hydrogen) atoms. The molecule has 5 N–H and O–H groups in total. The molecule has 15 nitrogen and oxygen atoms in total. The Bertz CT molecular complexity index is 2150. The number of hydrogen-bond donors (Lipinski definition) is 4. The van der Waals surface area contributed by atoms with Crippen molar-refractivity contribution in [1.29, 1.82) is 5.41 Å². The number of carbonyl (C=O) groups excluding carboxylic acids is 3. The van der Waals surface area contributed by atoms with Gasteiger partial charge in [-0.25, -0.2) is 9.97 Å². The van der Waals surface area contributed by atoms with Crippen LogP contribution in [-0.2, 0) is 16.1 Å². The fourth-order valence-corrected chi connectivity index (χ4v) is 9.30. The molecule has 3 aliphatic rings. The molecule has 1 atom stereocenters. The molecule has 0 radical (unpaired) electrons. The highest BCUT2D eigenvalue weighted by molar-refractivity contribution is 6.16. The van der Waals surface area contributed by atoms with Crippen LogP contribution in [0, 0.1) is 11.3 Å². The van der Waals surface area contributed by atoms with E-state index in [1.165, 1.54) is 19.2 Å². The third-order valence-electron chi connectivity index (χ3n) is 13.2. The number of likely N-dealkylation sites (N-methyl/N-ethyl adjacent to an activating group) is 2. The molecule has 0 saturated carbocycles. The summed E-state index contributed by atoms with van der Waals surface area (Å²) in [5.41, 5.74) is 10.5. The average Bonchev–Trinajstić information content (AvgIpc) is 3.32. The Kier molecular flexibility index (Phi) is 16.4. The second kappa shape index (κ2) is 22.7. The van der Waals surface area contributed by atoms with Crippen LogP contribution in [0.5, 0.6) is 11.5 Å². The van der Waals surface area contributed by atoms with Crippen molar-refractivity contribution < 1.29 is 19.1 Å². The lowest BCUT2D eigenvalue weighted by Gasteiger charge is -2.40. The highest BCUT2D eigenvalue weighted by Gasteiger charge is 2.28. The highest BCUT2D eigenvalue weighted by Crippen LogP contribution is 2.28. The molecule has 3 aromatic carbocycles. The molecule has 3 saturated heterocycles. The zero-order valence-electron chi connectivity index (χ0n) is 37.5. The normalized spacial score (nSPS) is 17.5. The zero-order chi connectivity index (χ0) is 44.8. The van der Waals surface area contributed by atoms with Crippen molar-refractivity contribution in [3.05, 3.63) is 101 Å². The quantitative estimate of drug-likeness (QED) is 0.0690. The standard InChI is InChI=1S/C49H65N11O4/c1-52-49(63)44(9-6-30-61)56(2)33-39-31-41(13-10-38(39)34-62)60-28-26-59(27-29-60)32-36-16-20-57(21-17-36)24-25-58-22-18-40(19-23-58)55-48-45(47(51)53-35-54-48)46(50)37-11-14-43(15-12-37)64-42-7-4-3-5-8-42/h3-5,7-8,10-15,30-31,34-36,40,44,50H,6,9,16-29,32-33H2,1-2H3,(H,52,63)(H3,51,53,54,55). The van der Waals surface area contributed by atoms with Crippen LogP contribution in [0.1, 0.15) is 65.6 Å². The first-order valence-corrected chi connectivity index (χ1v) is 22.9. The summed E-state index contributed by atoms with van der Waals surface area (Å²) >= 11 is 0. The van der Waals surface area contributed by atoms with Crippen LogP contribution >= 0.6 is 0 Å². The summed E-state index contributed by atoms with van der Waals surface area (Å²) < 4.78 is 5.94. The summed E-state index contributed by atoms with van der Waals surface area (Å²) in [7, 11) is 3.47. The van der Waals surface area contributed by atoms with Crippen molar-refractivity contribution in [2.45, 2.75) is 57.2 Å². The van der Waals surface area contributed by atoms with E-state index in [0.717, 1.165) is 114 Å². The van der Waals surface area contributed by atoms with E-state index < -0.39 is 6.04 Å². The van der Waals surface area contributed by atoms with Gasteiger partial charge in [-0.2, -0.15) is 0 Å². The number of aldehydes is 2. The molecule has 340 valence electrons. The van der Waals surface area contributed by atoms with Gasteiger partial charge >= 0.3 is 0 Å². The summed E-state index contributed by atoms with van der Waals surface area (Å²) in [6.07, 6.45) is 8.36. The fourth-order valence-electron chi connectivity index (χ4n) is 9.30. The van der Waals surface area contributed by atoms with E-state index in [1.54, 1.807) is 7.05 Å². The third-order valence-corrected chi connectivity index (χ3v) is 13.2. The molecule has 1 unspecified atom stereocenters. The molecule has 4 aromatic rings. The van der Waals surface area contributed by atoms with Crippen LogP contribution in [0.4, 0.5) is 17.3 Å². The smallest absolute Gasteiger partial charge is 0.237 e. The van der Waals surface area contributed by atoms with Crippen molar-refractivity contribution in [3.63, 3.8) is 0 Å². The molecule has 7 rings (SSSR count). The van der Waals surface area contributed by atoms with Gasteiger partial charge in [-0.05, 0) is 118 Å². The number of hydrogen-bond acceptors (Lipinski definition) is 14. The Balaban J connectivity index is 0.808. The van der Waals surface area contributed by atoms with Crippen molar-refractivity contribution in [2.75, 3.05) is 102 Å². The Labute approximate surface area is 377 Å². The highest BCUT2D eigenvalue weighted by atomic mass is 16.5. The topological polar surface area (TPSA) is 176 Å². The van der Waals surface area contributed by atoms with Gasteiger partial charge in [0.2, 0.25) is 5.91 Å². The molecule has 0 bridgehead atoms. The third kappa shape index (κ3) is 12.3. The van der Waals surface area contributed by atoms with Gasteiger partial charge in [0, 0.05) is 102 Å². The number of benzene rings is 3.